The number of carboxylic acids is 1. The Morgan fingerprint density at radius 2 is 1.93 bits per heavy atom. The Hall–Kier alpha value is -1.24. The summed E-state index contributed by atoms with van der Waals surface area (Å²) in [5.74, 6) is -2.27. The highest BCUT2D eigenvalue weighted by Gasteiger charge is 2.05. The number of hydrogen-bond acceptors (Lipinski definition) is 2. The van der Waals surface area contributed by atoms with E-state index < -0.39 is 17.6 Å². The van der Waals surface area contributed by atoms with E-state index in [1.807, 2.05) is 22.6 Å². The zero-order valence-electron chi connectivity index (χ0n) is 7.41. The summed E-state index contributed by atoms with van der Waals surface area (Å²) < 4.78 is 13.5. The Kier molecular flexibility index (Phi) is 3.96. The number of hydrogen-bond donors (Lipinski definition) is 1. The van der Waals surface area contributed by atoms with Crippen LogP contribution in [-0.4, -0.2) is 16.9 Å². The minimum absolute atomic E-state index is 0.136. The Morgan fingerprint density at radius 1 is 1.27 bits per heavy atom. The highest BCUT2D eigenvalue weighted by atomic mass is 127. The fraction of sp³-hybridized carbons (Fsp3) is 0. The molecular formula is C10H6FIO3. The molecule has 0 bridgehead atoms. The summed E-state index contributed by atoms with van der Waals surface area (Å²) in [5, 5.41) is 8.30. The molecule has 0 aliphatic heterocycles. The number of carbonyl (C=O) groups is 2. The molecule has 1 N–H and O–H groups in total. The second kappa shape index (κ2) is 5.01. The number of ketones is 1. The third-order valence-electron chi connectivity index (χ3n) is 1.52. The van der Waals surface area contributed by atoms with Gasteiger partial charge in [-0.3, -0.25) is 4.79 Å². The first-order valence-corrected chi connectivity index (χ1v) is 4.98. The Morgan fingerprint density at radius 3 is 2.47 bits per heavy atom. The van der Waals surface area contributed by atoms with Gasteiger partial charge in [0.15, 0.2) is 5.78 Å². The van der Waals surface area contributed by atoms with E-state index >= 15 is 0 Å². The number of carboxylic acid groups (broad SMARTS) is 1. The van der Waals surface area contributed by atoms with E-state index in [-0.39, 0.29) is 5.56 Å². The molecule has 0 saturated carbocycles. The van der Waals surface area contributed by atoms with Crippen molar-refractivity contribution in [1.29, 1.82) is 0 Å². The number of carbonyl (C=O) groups excluding carboxylic acids is 1. The zero-order chi connectivity index (χ0) is 11.4. The van der Waals surface area contributed by atoms with Gasteiger partial charge in [0.1, 0.15) is 5.82 Å². The van der Waals surface area contributed by atoms with Gasteiger partial charge in [0.2, 0.25) is 0 Å². The predicted octanol–water partition coefficient (Wildman–Crippen LogP) is 2.25. The summed E-state index contributed by atoms with van der Waals surface area (Å²) in [6.07, 6.45) is 1.62. The molecule has 0 amide bonds. The molecule has 0 unspecified atom stereocenters. The van der Waals surface area contributed by atoms with Crippen LogP contribution in [0.5, 0.6) is 0 Å². The molecule has 1 rings (SSSR count). The topological polar surface area (TPSA) is 54.4 Å². The van der Waals surface area contributed by atoms with Crippen LogP contribution in [0.25, 0.3) is 0 Å². The average Bonchev–Trinajstić information content (AvgIpc) is 2.12. The van der Waals surface area contributed by atoms with Gasteiger partial charge in [0, 0.05) is 15.2 Å². The average molecular weight is 320 g/mol. The Bertz CT molecular complexity index is 420. The minimum atomic E-state index is -1.21. The maximum atomic E-state index is 12.9. The van der Waals surface area contributed by atoms with Gasteiger partial charge in [-0.1, -0.05) is 0 Å². The predicted molar refractivity (Wildman–Crippen MR) is 60.2 cm³/mol. The zero-order valence-corrected chi connectivity index (χ0v) is 9.56. The van der Waals surface area contributed by atoms with Crippen molar-refractivity contribution in [1.82, 2.24) is 0 Å². The van der Waals surface area contributed by atoms with Crippen LogP contribution in [0, 0.1) is 9.39 Å². The van der Waals surface area contributed by atoms with Crippen molar-refractivity contribution in [2.75, 3.05) is 0 Å². The van der Waals surface area contributed by atoms with Crippen molar-refractivity contribution in [2.24, 2.45) is 0 Å². The fourth-order valence-corrected chi connectivity index (χ4v) is 1.57. The molecule has 0 aliphatic rings. The lowest BCUT2D eigenvalue weighted by Crippen LogP contribution is -1.98. The molecule has 15 heavy (non-hydrogen) atoms. The quantitative estimate of drug-likeness (QED) is 0.528. The molecule has 0 spiro atoms. The van der Waals surface area contributed by atoms with Crippen LogP contribution in [0.4, 0.5) is 4.39 Å². The van der Waals surface area contributed by atoms with E-state index in [1.165, 1.54) is 12.1 Å². The molecular weight excluding hydrogens is 314 g/mol. The van der Waals surface area contributed by atoms with E-state index in [2.05, 4.69) is 0 Å². The minimum Gasteiger partial charge on any atom is -0.478 e. The molecule has 0 aliphatic carbocycles. The van der Waals surface area contributed by atoms with Gasteiger partial charge in [-0.25, -0.2) is 9.18 Å². The lowest BCUT2D eigenvalue weighted by atomic mass is 10.1. The monoisotopic (exact) mass is 320 g/mol. The smallest absolute Gasteiger partial charge is 0.328 e. The van der Waals surface area contributed by atoms with Crippen LogP contribution in [-0.2, 0) is 4.79 Å². The largest absolute Gasteiger partial charge is 0.478 e. The second-order valence-electron chi connectivity index (χ2n) is 2.69. The summed E-state index contributed by atoms with van der Waals surface area (Å²) in [4.78, 5) is 21.5. The standard InChI is InChI=1S/C10H6FIO3/c11-7-3-6(4-8(12)5-7)9(13)1-2-10(14)15/h1-5H,(H,14,15)/b2-1+. The lowest BCUT2D eigenvalue weighted by Gasteiger charge is -1.97. The van der Waals surface area contributed by atoms with E-state index in [4.69, 9.17) is 5.11 Å². The molecule has 0 atom stereocenters. The molecule has 0 aromatic heterocycles. The van der Waals surface area contributed by atoms with Gasteiger partial charge in [0.25, 0.3) is 0 Å². The van der Waals surface area contributed by atoms with E-state index in [0.717, 1.165) is 18.2 Å². The van der Waals surface area contributed by atoms with Gasteiger partial charge in [-0.15, -0.1) is 0 Å². The first-order valence-electron chi connectivity index (χ1n) is 3.90. The van der Waals surface area contributed by atoms with Crippen LogP contribution in [0.15, 0.2) is 30.4 Å². The second-order valence-corrected chi connectivity index (χ2v) is 3.94. The Balaban J connectivity index is 2.96. The van der Waals surface area contributed by atoms with Crippen molar-refractivity contribution >= 4 is 34.3 Å². The van der Waals surface area contributed by atoms with Gasteiger partial charge < -0.3 is 5.11 Å². The molecule has 3 nitrogen and oxygen atoms in total. The van der Waals surface area contributed by atoms with Crippen LogP contribution in [0.3, 0.4) is 0 Å². The third kappa shape index (κ3) is 3.78. The molecule has 1 aromatic rings. The summed E-state index contributed by atoms with van der Waals surface area (Å²) in [6, 6.07) is 3.83. The van der Waals surface area contributed by atoms with E-state index in [9.17, 15) is 14.0 Å². The Labute approximate surface area is 98.7 Å². The highest BCUT2D eigenvalue weighted by Crippen LogP contribution is 2.12. The molecule has 5 heteroatoms. The van der Waals surface area contributed by atoms with Crippen LogP contribution in [0.2, 0.25) is 0 Å². The molecule has 78 valence electrons. The SMILES string of the molecule is O=C(O)/C=C/C(=O)c1cc(F)cc(I)c1. The number of allylic oxidation sites excluding steroid dienone is 1. The van der Waals surface area contributed by atoms with Gasteiger partial charge >= 0.3 is 5.97 Å². The molecule has 0 radical (unpaired) electrons. The molecule has 1 aromatic carbocycles. The van der Waals surface area contributed by atoms with E-state index in [1.54, 1.807) is 0 Å². The molecule has 0 heterocycles. The van der Waals surface area contributed by atoms with Crippen LogP contribution >= 0.6 is 22.6 Å². The normalized spacial score (nSPS) is 10.5. The summed E-state index contributed by atoms with van der Waals surface area (Å²) in [7, 11) is 0. The number of halogens is 2. The maximum Gasteiger partial charge on any atom is 0.328 e. The van der Waals surface area contributed by atoms with Gasteiger partial charge in [-0.2, -0.15) is 0 Å². The summed E-state index contributed by atoms with van der Waals surface area (Å²) >= 11 is 1.87. The summed E-state index contributed by atoms with van der Waals surface area (Å²) in [5.41, 5.74) is 0.136. The van der Waals surface area contributed by atoms with E-state index in [0.29, 0.717) is 3.57 Å². The van der Waals surface area contributed by atoms with Crippen molar-refractivity contribution < 1.29 is 19.1 Å². The number of rotatable bonds is 3. The van der Waals surface area contributed by atoms with Crippen molar-refractivity contribution in [3.05, 3.63) is 45.3 Å². The molecule has 0 saturated heterocycles. The highest BCUT2D eigenvalue weighted by molar-refractivity contribution is 14.1. The van der Waals surface area contributed by atoms with Crippen molar-refractivity contribution in [2.45, 2.75) is 0 Å². The lowest BCUT2D eigenvalue weighted by molar-refractivity contribution is -0.131. The molecule has 0 fully saturated rings. The van der Waals surface area contributed by atoms with Crippen LogP contribution in [0.1, 0.15) is 10.4 Å². The fourth-order valence-electron chi connectivity index (χ4n) is 0.939. The van der Waals surface area contributed by atoms with Gasteiger partial charge in [0.05, 0.1) is 0 Å². The third-order valence-corrected chi connectivity index (χ3v) is 2.15. The number of aliphatic carboxylic acids is 1. The van der Waals surface area contributed by atoms with Crippen LogP contribution < -0.4 is 0 Å². The first kappa shape index (κ1) is 11.8. The van der Waals surface area contributed by atoms with Crippen molar-refractivity contribution in [3.8, 4) is 0 Å². The van der Waals surface area contributed by atoms with Gasteiger partial charge in [-0.05, 0) is 46.9 Å². The van der Waals surface area contributed by atoms with Crippen molar-refractivity contribution in [3.63, 3.8) is 0 Å². The maximum absolute atomic E-state index is 12.9. The number of benzene rings is 1. The summed E-state index contributed by atoms with van der Waals surface area (Å²) in [6.45, 7) is 0. The first-order chi connectivity index (χ1) is 6.99.